The molecule has 102 valence electrons. The molecule has 0 amide bonds. The van der Waals surface area contributed by atoms with Gasteiger partial charge in [0, 0.05) is 11.3 Å². The van der Waals surface area contributed by atoms with Crippen LogP contribution in [0.25, 0.3) is 0 Å². The molecule has 1 fully saturated rings. The molecule has 2 aliphatic rings. The van der Waals surface area contributed by atoms with Crippen LogP contribution in [0.4, 0.5) is 14.5 Å². The van der Waals surface area contributed by atoms with Gasteiger partial charge >= 0.3 is 0 Å². The van der Waals surface area contributed by atoms with E-state index in [4.69, 9.17) is 0 Å². The zero-order valence-corrected chi connectivity index (χ0v) is 11.3. The minimum atomic E-state index is -3.01. The lowest BCUT2D eigenvalue weighted by Crippen LogP contribution is -2.13. The van der Waals surface area contributed by atoms with Gasteiger partial charge in [-0.2, -0.15) is 0 Å². The maximum atomic E-state index is 13.4. The van der Waals surface area contributed by atoms with Crippen LogP contribution in [0, 0.1) is 11.6 Å². The zero-order chi connectivity index (χ0) is 13.6. The molecular formula is C11H10F2N2O2S2. The largest absolute Gasteiger partial charge is 0.332 e. The summed E-state index contributed by atoms with van der Waals surface area (Å²) in [7, 11) is -3.01. The van der Waals surface area contributed by atoms with Crippen molar-refractivity contribution in [3.05, 3.63) is 29.8 Å². The van der Waals surface area contributed by atoms with Crippen molar-refractivity contribution in [3.63, 3.8) is 0 Å². The summed E-state index contributed by atoms with van der Waals surface area (Å²) in [6, 6.07) is 2.83. The standard InChI is InChI=1S/C11H10F2N2O2S2/c12-6-1-2-7(13)8(3-6)14-11-15-9-4-19(16,17)5-10(9)18-11/h1-3,9-10H,4-5H2,(H,14,15)/t9-,10+/m0/s1. The SMILES string of the molecule is O=S1(=O)C[C@@H]2N=C(Nc3cc(F)ccc3F)S[C@@H]2C1. The fraction of sp³-hybridized carbons (Fsp3) is 0.364. The third kappa shape index (κ3) is 2.59. The van der Waals surface area contributed by atoms with E-state index in [0.717, 1.165) is 18.2 Å². The van der Waals surface area contributed by atoms with Gasteiger partial charge in [0.15, 0.2) is 15.0 Å². The molecule has 0 aliphatic carbocycles. The van der Waals surface area contributed by atoms with Crippen LogP contribution >= 0.6 is 11.8 Å². The van der Waals surface area contributed by atoms with Gasteiger partial charge in [-0.1, -0.05) is 11.8 Å². The third-order valence-electron chi connectivity index (χ3n) is 2.99. The van der Waals surface area contributed by atoms with Gasteiger partial charge in [0.1, 0.15) is 11.6 Å². The van der Waals surface area contributed by atoms with E-state index in [0.29, 0.717) is 5.17 Å². The normalized spacial score (nSPS) is 28.0. The number of nitrogens with zero attached hydrogens (tertiary/aromatic N) is 1. The van der Waals surface area contributed by atoms with Crippen molar-refractivity contribution in [2.75, 3.05) is 16.8 Å². The highest BCUT2D eigenvalue weighted by Crippen LogP contribution is 2.34. The molecule has 0 bridgehead atoms. The van der Waals surface area contributed by atoms with Crippen LogP contribution in [-0.2, 0) is 9.84 Å². The summed E-state index contributed by atoms with van der Waals surface area (Å²) in [5, 5.41) is 3.03. The number of nitrogens with one attached hydrogen (secondary N) is 1. The third-order valence-corrected chi connectivity index (χ3v) is 6.13. The van der Waals surface area contributed by atoms with Crippen LogP contribution in [-0.4, -0.2) is 36.4 Å². The molecule has 8 heteroatoms. The molecule has 0 unspecified atom stereocenters. The average molecular weight is 304 g/mol. The predicted molar refractivity (Wildman–Crippen MR) is 71.2 cm³/mol. The van der Waals surface area contributed by atoms with Crippen molar-refractivity contribution < 1.29 is 17.2 Å². The second-order valence-electron chi connectivity index (χ2n) is 4.48. The molecule has 1 saturated heterocycles. The summed E-state index contributed by atoms with van der Waals surface area (Å²) < 4.78 is 49.3. The lowest BCUT2D eigenvalue weighted by molar-refractivity contribution is 0.601. The Balaban J connectivity index is 1.78. The lowest BCUT2D eigenvalue weighted by Gasteiger charge is -2.07. The second-order valence-corrected chi connectivity index (χ2v) is 7.87. The van der Waals surface area contributed by atoms with Gasteiger partial charge in [-0.3, -0.25) is 4.99 Å². The molecule has 0 aromatic heterocycles. The van der Waals surface area contributed by atoms with E-state index in [1.54, 1.807) is 0 Å². The fourth-order valence-electron chi connectivity index (χ4n) is 2.12. The first kappa shape index (κ1) is 12.9. The van der Waals surface area contributed by atoms with Crippen LogP contribution in [0.2, 0.25) is 0 Å². The molecule has 19 heavy (non-hydrogen) atoms. The van der Waals surface area contributed by atoms with Crippen molar-refractivity contribution in [2.24, 2.45) is 4.99 Å². The van der Waals surface area contributed by atoms with Crippen molar-refractivity contribution in [1.29, 1.82) is 0 Å². The van der Waals surface area contributed by atoms with Crippen molar-refractivity contribution in [1.82, 2.24) is 0 Å². The van der Waals surface area contributed by atoms with Gasteiger partial charge in [0.05, 0.1) is 23.2 Å². The summed E-state index contributed by atoms with van der Waals surface area (Å²) >= 11 is 1.26. The van der Waals surface area contributed by atoms with E-state index < -0.39 is 21.5 Å². The first-order chi connectivity index (χ1) is 8.93. The van der Waals surface area contributed by atoms with Crippen molar-refractivity contribution >= 4 is 32.5 Å². The molecule has 3 rings (SSSR count). The second kappa shape index (κ2) is 4.45. The van der Waals surface area contributed by atoms with Crippen LogP contribution in [0.5, 0.6) is 0 Å². The zero-order valence-electron chi connectivity index (χ0n) is 9.64. The van der Waals surface area contributed by atoms with Crippen LogP contribution < -0.4 is 5.32 Å². The Labute approximate surface area is 113 Å². The number of thioether (sulfide) groups is 1. The van der Waals surface area contributed by atoms with Gasteiger partial charge in [0.2, 0.25) is 0 Å². The number of aliphatic imine (C=N–C) groups is 1. The number of anilines is 1. The Morgan fingerprint density at radius 1 is 1.32 bits per heavy atom. The summed E-state index contributed by atoms with van der Waals surface area (Å²) in [6.45, 7) is 0. The van der Waals surface area contributed by atoms with E-state index in [9.17, 15) is 17.2 Å². The smallest absolute Gasteiger partial charge is 0.161 e. The number of halogens is 2. The van der Waals surface area contributed by atoms with Crippen LogP contribution in [0.1, 0.15) is 0 Å². The Morgan fingerprint density at radius 2 is 2.11 bits per heavy atom. The molecule has 2 atom stereocenters. The number of fused-ring (bicyclic) bond motifs is 1. The van der Waals surface area contributed by atoms with Crippen LogP contribution in [0.3, 0.4) is 0 Å². The number of hydrogen-bond acceptors (Lipinski definition) is 5. The Bertz CT molecular complexity index is 661. The molecule has 0 radical (unpaired) electrons. The van der Waals surface area contributed by atoms with E-state index in [1.807, 2.05) is 0 Å². The van der Waals surface area contributed by atoms with E-state index in [-0.39, 0.29) is 28.5 Å². The Morgan fingerprint density at radius 3 is 2.84 bits per heavy atom. The first-order valence-corrected chi connectivity index (χ1v) is 8.30. The molecule has 1 N–H and O–H groups in total. The maximum absolute atomic E-state index is 13.4. The monoisotopic (exact) mass is 304 g/mol. The maximum Gasteiger partial charge on any atom is 0.161 e. The molecule has 2 heterocycles. The number of benzene rings is 1. The highest BCUT2D eigenvalue weighted by molar-refractivity contribution is 8.15. The predicted octanol–water partition coefficient (Wildman–Crippen LogP) is 1.65. The summed E-state index contributed by atoms with van der Waals surface area (Å²) in [5.74, 6) is -1.01. The van der Waals surface area contributed by atoms with Gasteiger partial charge in [-0.15, -0.1) is 0 Å². The number of amidine groups is 1. The Hall–Kier alpha value is -1.15. The quantitative estimate of drug-likeness (QED) is 0.857. The first-order valence-electron chi connectivity index (χ1n) is 5.60. The summed E-state index contributed by atoms with van der Waals surface area (Å²) in [6.07, 6.45) is 0. The topological polar surface area (TPSA) is 58.5 Å². The summed E-state index contributed by atoms with van der Waals surface area (Å²) in [5.41, 5.74) is 0.00841. The fourth-order valence-corrected chi connectivity index (χ4v) is 5.79. The molecule has 4 nitrogen and oxygen atoms in total. The van der Waals surface area contributed by atoms with Gasteiger partial charge in [-0.05, 0) is 12.1 Å². The van der Waals surface area contributed by atoms with Gasteiger partial charge in [-0.25, -0.2) is 17.2 Å². The number of hydrogen-bond donors (Lipinski definition) is 1. The van der Waals surface area contributed by atoms with Gasteiger partial charge < -0.3 is 5.32 Å². The average Bonchev–Trinajstić information content (AvgIpc) is 2.76. The van der Waals surface area contributed by atoms with E-state index in [2.05, 4.69) is 10.3 Å². The minimum absolute atomic E-state index is 0.00841. The highest BCUT2D eigenvalue weighted by atomic mass is 32.2. The Kier molecular flexibility index (Phi) is 3.01. The minimum Gasteiger partial charge on any atom is -0.332 e. The van der Waals surface area contributed by atoms with Crippen molar-refractivity contribution in [3.8, 4) is 0 Å². The molecular weight excluding hydrogens is 294 g/mol. The number of rotatable bonds is 1. The molecule has 1 aromatic carbocycles. The van der Waals surface area contributed by atoms with E-state index in [1.165, 1.54) is 11.8 Å². The van der Waals surface area contributed by atoms with Crippen molar-refractivity contribution in [2.45, 2.75) is 11.3 Å². The summed E-state index contributed by atoms with van der Waals surface area (Å²) in [4.78, 5) is 4.21. The number of sulfone groups is 1. The lowest BCUT2D eigenvalue weighted by atomic mass is 10.3. The molecule has 2 aliphatic heterocycles. The molecule has 0 saturated carbocycles. The van der Waals surface area contributed by atoms with Gasteiger partial charge in [0.25, 0.3) is 0 Å². The molecule has 1 aromatic rings. The molecule has 0 spiro atoms. The highest BCUT2D eigenvalue weighted by Gasteiger charge is 2.42. The van der Waals surface area contributed by atoms with Crippen LogP contribution in [0.15, 0.2) is 23.2 Å². The van der Waals surface area contributed by atoms with E-state index >= 15 is 0 Å².